The van der Waals surface area contributed by atoms with Crippen molar-refractivity contribution in [3.63, 3.8) is 0 Å². The molecular formula is C7H6BFO3. The third-order valence-electron chi connectivity index (χ3n) is 1.48. The van der Waals surface area contributed by atoms with E-state index >= 15 is 0 Å². The molecule has 0 aliphatic carbocycles. The zero-order chi connectivity index (χ0) is 9.30. The number of carboxylic acids is 1. The van der Waals surface area contributed by atoms with Gasteiger partial charge in [-0.3, -0.25) is 0 Å². The Morgan fingerprint density at radius 3 is 2.50 bits per heavy atom. The van der Waals surface area contributed by atoms with E-state index in [1.807, 2.05) is 0 Å². The summed E-state index contributed by atoms with van der Waals surface area (Å²) >= 11 is 0. The standard InChI is InChI=1S/C7H6BFO3/c8-4-1-3(7(11)12)2-5(10)6(4)9/h1-2,10H,8H2,(H,11,12). The minimum atomic E-state index is -1.19. The summed E-state index contributed by atoms with van der Waals surface area (Å²) in [7, 11) is 1.39. The summed E-state index contributed by atoms with van der Waals surface area (Å²) in [5.41, 5.74) is -0.00111. The van der Waals surface area contributed by atoms with Crippen molar-refractivity contribution in [1.82, 2.24) is 0 Å². The first-order valence-electron chi connectivity index (χ1n) is 3.25. The van der Waals surface area contributed by atoms with Crippen molar-refractivity contribution >= 4 is 19.3 Å². The average Bonchev–Trinajstić information content (AvgIpc) is 1.99. The third-order valence-corrected chi connectivity index (χ3v) is 1.48. The van der Waals surface area contributed by atoms with E-state index in [0.29, 0.717) is 0 Å². The Bertz CT molecular complexity index is 314. The fourth-order valence-electron chi connectivity index (χ4n) is 0.874. The van der Waals surface area contributed by atoms with Gasteiger partial charge in [-0.15, -0.1) is 0 Å². The Hall–Kier alpha value is -1.52. The van der Waals surface area contributed by atoms with Crippen LogP contribution in [-0.4, -0.2) is 24.0 Å². The van der Waals surface area contributed by atoms with Gasteiger partial charge in [-0.1, -0.05) is 6.07 Å². The van der Waals surface area contributed by atoms with Crippen LogP contribution in [0.3, 0.4) is 0 Å². The van der Waals surface area contributed by atoms with Crippen molar-refractivity contribution in [2.24, 2.45) is 0 Å². The minimum absolute atomic E-state index is 0.118. The van der Waals surface area contributed by atoms with Crippen LogP contribution in [0.25, 0.3) is 0 Å². The maximum Gasteiger partial charge on any atom is 0.335 e. The van der Waals surface area contributed by atoms with Crippen LogP contribution in [0.2, 0.25) is 0 Å². The number of carbonyl (C=O) groups is 1. The van der Waals surface area contributed by atoms with Gasteiger partial charge in [0.15, 0.2) is 11.6 Å². The highest BCUT2D eigenvalue weighted by atomic mass is 19.1. The van der Waals surface area contributed by atoms with Gasteiger partial charge < -0.3 is 10.2 Å². The van der Waals surface area contributed by atoms with Crippen LogP contribution in [0.4, 0.5) is 4.39 Å². The van der Waals surface area contributed by atoms with Crippen LogP contribution < -0.4 is 5.46 Å². The molecule has 0 spiro atoms. The van der Waals surface area contributed by atoms with Crippen LogP contribution in [0.15, 0.2) is 12.1 Å². The lowest BCUT2D eigenvalue weighted by atomic mass is 9.93. The quantitative estimate of drug-likeness (QED) is 0.555. The van der Waals surface area contributed by atoms with Crippen LogP contribution in [0.5, 0.6) is 5.75 Å². The Labute approximate surface area is 68.9 Å². The van der Waals surface area contributed by atoms with Gasteiger partial charge in [0, 0.05) is 0 Å². The summed E-state index contributed by atoms with van der Waals surface area (Å²) in [6.07, 6.45) is 0. The lowest BCUT2D eigenvalue weighted by molar-refractivity contribution is 0.0696. The molecule has 2 N–H and O–H groups in total. The number of phenolic OH excluding ortho intramolecular Hbond substituents is 1. The second kappa shape index (κ2) is 2.85. The maximum absolute atomic E-state index is 12.7. The van der Waals surface area contributed by atoms with E-state index in [1.165, 1.54) is 7.85 Å². The molecule has 0 unspecified atom stereocenters. The molecule has 1 rings (SSSR count). The molecule has 5 heteroatoms. The molecule has 0 saturated carbocycles. The Kier molecular flexibility index (Phi) is 2.04. The largest absolute Gasteiger partial charge is 0.505 e. The lowest BCUT2D eigenvalue weighted by Gasteiger charge is -2.01. The molecule has 0 aliphatic heterocycles. The van der Waals surface area contributed by atoms with E-state index in [9.17, 15) is 9.18 Å². The van der Waals surface area contributed by atoms with Crippen LogP contribution in [0.1, 0.15) is 10.4 Å². The number of benzene rings is 1. The molecule has 0 amide bonds. The number of hydrogen-bond acceptors (Lipinski definition) is 2. The molecule has 3 nitrogen and oxygen atoms in total. The highest BCUT2D eigenvalue weighted by Gasteiger charge is 2.10. The van der Waals surface area contributed by atoms with Crippen LogP contribution in [0, 0.1) is 5.82 Å². The number of halogens is 1. The molecule has 0 atom stereocenters. The molecule has 0 bridgehead atoms. The molecule has 0 aromatic heterocycles. The Balaban J connectivity index is 3.31. The number of carboxylic acid groups (broad SMARTS) is 1. The van der Waals surface area contributed by atoms with Gasteiger partial charge >= 0.3 is 5.97 Å². The van der Waals surface area contributed by atoms with E-state index in [-0.39, 0.29) is 11.0 Å². The van der Waals surface area contributed by atoms with Crippen LogP contribution in [-0.2, 0) is 0 Å². The summed E-state index contributed by atoms with van der Waals surface area (Å²) in [5, 5.41) is 17.4. The first kappa shape index (κ1) is 8.58. The van der Waals surface area contributed by atoms with E-state index in [2.05, 4.69) is 0 Å². The van der Waals surface area contributed by atoms with Crippen molar-refractivity contribution in [3.05, 3.63) is 23.5 Å². The summed E-state index contributed by atoms with van der Waals surface area (Å²) in [4.78, 5) is 10.4. The van der Waals surface area contributed by atoms with Gasteiger partial charge in [-0.2, -0.15) is 0 Å². The predicted octanol–water partition coefficient (Wildman–Crippen LogP) is -0.512. The van der Waals surface area contributed by atoms with Gasteiger partial charge in [0.05, 0.1) is 5.56 Å². The summed E-state index contributed by atoms with van der Waals surface area (Å²) in [6, 6.07) is 2.04. The molecule has 0 aliphatic rings. The fraction of sp³-hybridized carbons (Fsp3) is 0. The molecule has 0 fully saturated rings. The normalized spacial score (nSPS) is 9.75. The summed E-state index contributed by atoms with van der Waals surface area (Å²) in [5.74, 6) is -2.60. The number of aromatic hydroxyl groups is 1. The topological polar surface area (TPSA) is 57.5 Å². The molecule has 0 radical (unpaired) electrons. The molecule has 0 heterocycles. The molecule has 12 heavy (non-hydrogen) atoms. The van der Waals surface area contributed by atoms with E-state index < -0.39 is 17.5 Å². The lowest BCUT2D eigenvalue weighted by Crippen LogP contribution is -2.11. The zero-order valence-corrected chi connectivity index (χ0v) is 6.34. The fourth-order valence-corrected chi connectivity index (χ4v) is 0.874. The summed E-state index contributed by atoms with van der Waals surface area (Å²) < 4.78 is 12.7. The van der Waals surface area contributed by atoms with Crippen LogP contribution >= 0.6 is 0 Å². The second-order valence-corrected chi connectivity index (χ2v) is 2.43. The monoisotopic (exact) mass is 168 g/mol. The zero-order valence-electron chi connectivity index (χ0n) is 6.34. The van der Waals surface area contributed by atoms with Crippen molar-refractivity contribution in [1.29, 1.82) is 0 Å². The van der Waals surface area contributed by atoms with Crippen molar-refractivity contribution < 1.29 is 19.4 Å². The number of phenols is 1. The first-order chi connectivity index (χ1) is 5.52. The molecule has 1 aromatic carbocycles. The molecule has 62 valence electrons. The first-order valence-corrected chi connectivity index (χ1v) is 3.25. The van der Waals surface area contributed by atoms with Gasteiger partial charge in [-0.25, -0.2) is 9.18 Å². The van der Waals surface area contributed by atoms with E-state index in [0.717, 1.165) is 12.1 Å². The maximum atomic E-state index is 12.7. The third kappa shape index (κ3) is 1.39. The van der Waals surface area contributed by atoms with Gasteiger partial charge in [0.1, 0.15) is 7.85 Å². The number of hydrogen-bond donors (Lipinski definition) is 2. The minimum Gasteiger partial charge on any atom is -0.505 e. The van der Waals surface area contributed by atoms with Crippen molar-refractivity contribution in [3.8, 4) is 5.75 Å². The second-order valence-electron chi connectivity index (χ2n) is 2.43. The van der Waals surface area contributed by atoms with Crippen molar-refractivity contribution in [2.75, 3.05) is 0 Å². The predicted molar refractivity (Wildman–Crippen MR) is 43.2 cm³/mol. The molecule has 1 aromatic rings. The highest BCUT2D eigenvalue weighted by Crippen LogP contribution is 2.14. The van der Waals surface area contributed by atoms with E-state index in [4.69, 9.17) is 10.2 Å². The van der Waals surface area contributed by atoms with Crippen molar-refractivity contribution in [2.45, 2.75) is 0 Å². The number of aromatic carboxylic acids is 1. The van der Waals surface area contributed by atoms with Gasteiger partial charge in [0.25, 0.3) is 0 Å². The average molecular weight is 168 g/mol. The SMILES string of the molecule is Bc1cc(C(=O)O)cc(O)c1F. The smallest absolute Gasteiger partial charge is 0.335 e. The Morgan fingerprint density at radius 1 is 1.50 bits per heavy atom. The van der Waals surface area contributed by atoms with Gasteiger partial charge in [0.2, 0.25) is 0 Å². The Morgan fingerprint density at radius 2 is 2.08 bits per heavy atom. The summed E-state index contributed by atoms with van der Waals surface area (Å²) in [6.45, 7) is 0. The molecular weight excluding hydrogens is 162 g/mol. The van der Waals surface area contributed by atoms with Gasteiger partial charge in [-0.05, 0) is 11.5 Å². The number of rotatable bonds is 1. The van der Waals surface area contributed by atoms with E-state index in [1.54, 1.807) is 0 Å². The molecule has 0 saturated heterocycles. The highest BCUT2D eigenvalue weighted by molar-refractivity contribution is 6.33.